The molecule has 0 unspecified atom stereocenters. The van der Waals surface area contributed by atoms with E-state index in [1.807, 2.05) is 49.2 Å². The van der Waals surface area contributed by atoms with Gasteiger partial charge in [-0.05, 0) is 19.8 Å². The predicted molar refractivity (Wildman–Crippen MR) is 104 cm³/mol. The lowest BCUT2D eigenvalue weighted by atomic mass is 9.87. The summed E-state index contributed by atoms with van der Waals surface area (Å²) in [6.07, 6.45) is 7.94. The monoisotopic (exact) mass is 386 g/mol. The normalized spacial score (nSPS) is 20.7. The minimum Gasteiger partial charge on any atom is -0.373 e. The van der Waals surface area contributed by atoms with Gasteiger partial charge >= 0.3 is 0 Å². The zero-order valence-electron chi connectivity index (χ0n) is 17.1. The van der Waals surface area contributed by atoms with E-state index in [0.717, 1.165) is 49.6 Å². The summed E-state index contributed by atoms with van der Waals surface area (Å²) in [5, 5.41) is 4.29. The van der Waals surface area contributed by atoms with Gasteiger partial charge in [0.15, 0.2) is 0 Å². The van der Waals surface area contributed by atoms with Gasteiger partial charge in [0, 0.05) is 63.9 Å². The Morgan fingerprint density at radius 1 is 1.18 bits per heavy atom. The van der Waals surface area contributed by atoms with Crippen LogP contribution in [0, 0.1) is 6.92 Å². The van der Waals surface area contributed by atoms with Crippen molar-refractivity contribution in [3.8, 4) is 0 Å². The van der Waals surface area contributed by atoms with Crippen molar-refractivity contribution in [1.82, 2.24) is 29.1 Å². The maximum atomic E-state index is 13.0. The van der Waals surface area contributed by atoms with Crippen molar-refractivity contribution in [2.24, 2.45) is 14.1 Å². The third-order valence-corrected chi connectivity index (χ3v) is 6.35. The summed E-state index contributed by atoms with van der Waals surface area (Å²) in [4.78, 5) is 21.7. The molecular formula is C20H30N6O2. The summed E-state index contributed by atoms with van der Waals surface area (Å²) < 4.78 is 10.2. The Morgan fingerprint density at radius 3 is 2.61 bits per heavy atom. The van der Waals surface area contributed by atoms with Gasteiger partial charge in [0.1, 0.15) is 5.82 Å². The molecule has 2 fully saturated rings. The van der Waals surface area contributed by atoms with Gasteiger partial charge in [-0.1, -0.05) is 0 Å². The smallest absolute Gasteiger partial charge is 0.225 e. The van der Waals surface area contributed by atoms with Crippen LogP contribution < -0.4 is 0 Å². The van der Waals surface area contributed by atoms with E-state index in [1.165, 1.54) is 0 Å². The fraction of sp³-hybridized carbons (Fsp3) is 0.650. The Kier molecular flexibility index (Phi) is 5.25. The van der Waals surface area contributed by atoms with Crippen LogP contribution in [0.3, 0.4) is 0 Å². The van der Waals surface area contributed by atoms with Crippen LogP contribution in [0.4, 0.5) is 0 Å². The molecule has 4 rings (SSSR count). The zero-order valence-corrected chi connectivity index (χ0v) is 17.1. The van der Waals surface area contributed by atoms with Crippen LogP contribution in [0.1, 0.15) is 36.3 Å². The minimum absolute atomic E-state index is 0.193. The number of likely N-dealkylation sites (tertiary alicyclic amines) is 1. The molecule has 0 aliphatic carbocycles. The Hall–Kier alpha value is -2.19. The highest BCUT2D eigenvalue weighted by Crippen LogP contribution is 2.33. The molecule has 0 atom stereocenters. The summed E-state index contributed by atoms with van der Waals surface area (Å²) >= 11 is 0. The topological polar surface area (TPSA) is 68.4 Å². The van der Waals surface area contributed by atoms with Crippen molar-refractivity contribution in [2.45, 2.75) is 44.9 Å². The van der Waals surface area contributed by atoms with Crippen LogP contribution in [0.25, 0.3) is 0 Å². The van der Waals surface area contributed by atoms with Crippen LogP contribution >= 0.6 is 0 Å². The fourth-order valence-corrected chi connectivity index (χ4v) is 4.20. The van der Waals surface area contributed by atoms with E-state index < -0.39 is 0 Å². The Morgan fingerprint density at radius 2 is 1.96 bits per heavy atom. The first kappa shape index (κ1) is 19.1. The maximum absolute atomic E-state index is 13.0. The van der Waals surface area contributed by atoms with Gasteiger partial charge in [-0.15, -0.1) is 0 Å². The molecule has 2 aliphatic heterocycles. The third-order valence-electron chi connectivity index (χ3n) is 6.35. The van der Waals surface area contributed by atoms with Crippen LogP contribution in [0.15, 0.2) is 18.6 Å². The standard InChI is InChI=1S/C20H30N6O2/c1-16-17(13-22-24(16)3)14-26-10-11-28-20(12-19(26)27)4-7-25(8-5-20)15-18-21-6-9-23(18)2/h6,9,13H,4-5,7-8,10-12,14-15H2,1-3H3. The number of piperidine rings is 1. The van der Waals surface area contributed by atoms with Crippen LogP contribution in [0.2, 0.25) is 0 Å². The number of hydrogen-bond donors (Lipinski definition) is 0. The molecule has 0 bridgehead atoms. The average Bonchev–Trinajstić information content (AvgIpc) is 3.17. The van der Waals surface area contributed by atoms with Gasteiger partial charge in [0.2, 0.25) is 5.91 Å². The predicted octanol–water partition coefficient (Wildman–Crippen LogP) is 1.25. The number of hydrogen-bond acceptors (Lipinski definition) is 5. The van der Waals surface area contributed by atoms with Crippen molar-refractivity contribution in [2.75, 3.05) is 26.2 Å². The van der Waals surface area contributed by atoms with Crippen molar-refractivity contribution >= 4 is 5.91 Å². The molecule has 0 radical (unpaired) electrons. The van der Waals surface area contributed by atoms with Crippen molar-refractivity contribution in [3.05, 3.63) is 35.7 Å². The second kappa shape index (κ2) is 7.67. The van der Waals surface area contributed by atoms with Crippen molar-refractivity contribution in [3.63, 3.8) is 0 Å². The molecule has 1 amide bonds. The summed E-state index contributed by atoms with van der Waals surface area (Å²) in [5.74, 6) is 1.27. The number of imidazole rings is 1. The molecule has 4 heterocycles. The molecule has 152 valence electrons. The van der Waals surface area contributed by atoms with E-state index in [4.69, 9.17) is 4.74 Å². The molecule has 0 aromatic carbocycles. The van der Waals surface area contributed by atoms with E-state index in [-0.39, 0.29) is 11.5 Å². The third kappa shape index (κ3) is 3.84. The first-order valence-corrected chi connectivity index (χ1v) is 10.0. The quantitative estimate of drug-likeness (QED) is 0.791. The lowest BCUT2D eigenvalue weighted by Crippen LogP contribution is -2.47. The van der Waals surface area contributed by atoms with E-state index in [2.05, 4.69) is 19.5 Å². The first-order valence-electron chi connectivity index (χ1n) is 10.0. The maximum Gasteiger partial charge on any atom is 0.225 e. The molecule has 28 heavy (non-hydrogen) atoms. The summed E-state index contributed by atoms with van der Waals surface area (Å²) in [6.45, 7) is 6.61. The van der Waals surface area contributed by atoms with Crippen LogP contribution in [0.5, 0.6) is 0 Å². The second-order valence-electron chi connectivity index (χ2n) is 8.13. The van der Waals surface area contributed by atoms with Crippen molar-refractivity contribution < 1.29 is 9.53 Å². The van der Waals surface area contributed by atoms with E-state index in [1.54, 1.807) is 0 Å². The number of rotatable bonds is 4. The number of carbonyl (C=O) groups is 1. The van der Waals surface area contributed by atoms with Crippen LogP contribution in [-0.4, -0.2) is 66.9 Å². The second-order valence-corrected chi connectivity index (χ2v) is 8.13. The highest BCUT2D eigenvalue weighted by Gasteiger charge is 2.40. The zero-order chi connectivity index (χ0) is 19.7. The highest BCUT2D eigenvalue weighted by atomic mass is 16.5. The number of carbonyl (C=O) groups excluding carboxylic acids is 1. The molecular weight excluding hydrogens is 356 g/mol. The van der Waals surface area contributed by atoms with E-state index in [0.29, 0.717) is 26.1 Å². The molecule has 1 spiro atoms. The highest BCUT2D eigenvalue weighted by molar-refractivity contribution is 5.77. The largest absolute Gasteiger partial charge is 0.373 e. The Bertz CT molecular complexity index is 834. The van der Waals surface area contributed by atoms with Gasteiger partial charge in [0.25, 0.3) is 0 Å². The molecule has 2 aromatic heterocycles. The number of aromatic nitrogens is 4. The SMILES string of the molecule is Cc1c(CN2CCOC3(CCN(Cc4nccn4C)CC3)CC2=O)cnn1C. The lowest BCUT2D eigenvalue weighted by Gasteiger charge is -2.40. The molecule has 8 nitrogen and oxygen atoms in total. The van der Waals surface area contributed by atoms with Gasteiger partial charge < -0.3 is 14.2 Å². The van der Waals surface area contributed by atoms with Gasteiger partial charge in [-0.3, -0.25) is 14.4 Å². The average molecular weight is 387 g/mol. The fourth-order valence-electron chi connectivity index (χ4n) is 4.20. The molecule has 2 aliphatic rings. The van der Waals surface area contributed by atoms with Gasteiger partial charge in [-0.25, -0.2) is 4.98 Å². The van der Waals surface area contributed by atoms with E-state index >= 15 is 0 Å². The summed E-state index contributed by atoms with van der Waals surface area (Å²) in [5.41, 5.74) is 1.90. The molecule has 0 N–H and O–H groups in total. The number of ether oxygens (including phenoxy) is 1. The molecule has 2 saturated heterocycles. The lowest BCUT2D eigenvalue weighted by molar-refractivity contribution is -0.136. The number of nitrogens with zero attached hydrogens (tertiary/aromatic N) is 6. The summed E-state index contributed by atoms with van der Waals surface area (Å²) in [6, 6.07) is 0. The number of amides is 1. The summed E-state index contributed by atoms with van der Waals surface area (Å²) in [7, 11) is 3.96. The van der Waals surface area contributed by atoms with Gasteiger partial charge in [-0.2, -0.15) is 5.10 Å². The Labute approximate surface area is 166 Å². The van der Waals surface area contributed by atoms with Crippen LogP contribution in [-0.2, 0) is 36.7 Å². The van der Waals surface area contributed by atoms with E-state index in [9.17, 15) is 4.79 Å². The number of aryl methyl sites for hydroxylation is 2. The van der Waals surface area contributed by atoms with Crippen molar-refractivity contribution in [1.29, 1.82) is 0 Å². The minimum atomic E-state index is -0.312. The first-order chi connectivity index (χ1) is 13.5. The Balaban J connectivity index is 1.36. The molecule has 2 aromatic rings. The molecule has 8 heteroatoms. The van der Waals surface area contributed by atoms with Gasteiger partial charge in [0.05, 0.1) is 31.4 Å². The molecule has 0 saturated carbocycles.